The number of hydrogen-bond donors (Lipinski definition) is 1. The number of fused-ring (bicyclic) bond motifs is 1. The van der Waals surface area contributed by atoms with E-state index in [4.69, 9.17) is 4.42 Å². The molecule has 4 nitrogen and oxygen atoms in total. The minimum absolute atomic E-state index is 0.359. The Morgan fingerprint density at radius 3 is 3.17 bits per heavy atom. The first-order valence-electron chi connectivity index (χ1n) is 6.61. The maximum atomic E-state index is 5.51. The van der Waals surface area contributed by atoms with Gasteiger partial charge in [-0.2, -0.15) is 5.10 Å². The highest BCUT2D eigenvalue weighted by Crippen LogP contribution is 2.33. The van der Waals surface area contributed by atoms with Crippen LogP contribution in [0.25, 0.3) is 0 Å². The molecule has 0 aliphatic heterocycles. The number of aromatic nitrogens is 2. The van der Waals surface area contributed by atoms with Gasteiger partial charge < -0.3 is 9.73 Å². The van der Waals surface area contributed by atoms with Gasteiger partial charge in [0.05, 0.1) is 24.2 Å². The van der Waals surface area contributed by atoms with Gasteiger partial charge in [-0.05, 0) is 32.8 Å². The lowest BCUT2D eigenvalue weighted by atomic mass is 9.93. The number of nitrogens with zero attached hydrogens (tertiary/aromatic N) is 2. The van der Waals surface area contributed by atoms with E-state index in [1.165, 1.54) is 12.0 Å². The molecule has 0 aromatic carbocycles. The predicted octanol–water partition coefficient (Wildman–Crippen LogP) is 3.55. The van der Waals surface area contributed by atoms with E-state index in [-0.39, 0.29) is 0 Å². The molecule has 1 aliphatic rings. The molecule has 96 valence electrons. The fourth-order valence-electron chi connectivity index (χ4n) is 2.53. The van der Waals surface area contributed by atoms with E-state index < -0.39 is 0 Å². The zero-order valence-electron chi connectivity index (χ0n) is 10.9. The summed E-state index contributed by atoms with van der Waals surface area (Å²) in [6.07, 6.45) is 9.15. The van der Waals surface area contributed by atoms with Gasteiger partial charge in [-0.15, -0.1) is 0 Å². The minimum Gasteiger partial charge on any atom is -0.469 e. The molecule has 0 saturated heterocycles. The molecule has 0 spiro atoms. The van der Waals surface area contributed by atoms with Gasteiger partial charge in [-0.3, -0.25) is 4.68 Å². The van der Waals surface area contributed by atoms with Gasteiger partial charge in [-0.25, -0.2) is 0 Å². The Morgan fingerprint density at radius 2 is 2.39 bits per heavy atom. The van der Waals surface area contributed by atoms with Gasteiger partial charge >= 0.3 is 0 Å². The van der Waals surface area contributed by atoms with Crippen LogP contribution in [0.2, 0.25) is 0 Å². The van der Waals surface area contributed by atoms with Gasteiger partial charge in [0.2, 0.25) is 0 Å². The summed E-state index contributed by atoms with van der Waals surface area (Å²) in [5.41, 5.74) is 2.39. The van der Waals surface area contributed by atoms with Crippen LogP contribution in [0.1, 0.15) is 50.1 Å². The molecular weight excluding hydrogens is 226 g/mol. The highest BCUT2D eigenvalue weighted by Gasteiger charge is 2.22. The third-order valence-electron chi connectivity index (χ3n) is 3.52. The van der Waals surface area contributed by atoms with Gasteiger partial charge in [0.1, 0.15) is 5.76 Å². The topological polar surface area (TPSA) is 43.0 Å². The number of anilines is 1. The quantitative estimate of drug-likeness (QED) is 0.899. The molecule has 18 heavy (non-hydrogen) atoms. The van der Waals surface area contributed by atoms with Crippen LogP contribution in [0, 0.1) is 0 Å². The Bertz CT molecular complexity index is 527. The van der Waals surface area contributed by atoms with E-state index >= 15 is 0 Å². The Hall–Kier alpha value is -1.71. The molecular formula is C14H19N3O. The van der Waals surface area contributed by atoms with Crippen molar-refractivity contribution in [3.63, 3.8) is 0 Å². The van der Waals surface area contributed by atoms with Crippen LogP contribution in [-0.2, 0) is 6.42 Å². The molecule has 0 bridgehead atoms. The van der Waals surface area contributed by atoms with Crippen molar-refractivity contribution in [1.29, 1.82) is 0 Å². The van der Waals surface area contributed by atoms with Crippen LogP contribution in [0.15, 0.2) is 29.1 Å². The Labute approximate surface area is 107 Å². The first kappa shape index (κ1) is 11.4. The summed E-state index contributed by atoms with van der Waals surface area (Å²) >= 11 is 0. The second-order valence-electron chi connectivity index (χ2n) is 5.19. The largest absolute Gasteiger partial charge is 0.469 e. The van der Waals surface area contributed by atoms with Crippen LogP contribution >= 0.6 is 0 Å². The summed E-state index contributed by atoms with van der Waals surface area (Å²) in [6.45, 7) is 4.26. The van der Waals surface area contributed by atoms with E-state index in [2.05, 4.69) is 36.5 Å². The van der Waals surface area contributed by atoms with Crippen molar-refractivity contribution < 1.29 is 4.42 Å². The first-order chi connectivity index (χ1) is 8.74. The van der Waals surface area contributed by atoms with E-state index in [0.29, 0.717) is 12.1 Å². The van der Waals surface area contributed by atoms with E-state index in [9.17, 15) is 0 Å². The molecule has 1 atom stereocenters. The summed E-state index contributed by atoms with van der Waals surface area (Å²) in [7, 11) is 0. The number of rotatable bonds is 3. The first-order valence-corrected chi connectivity index (χ1v) is 6.61. The monoisotopic (exact) mass is 245 g/mol. The summed E-state index contributed by atoms with van der Waals surface area (Å²) in [5.74, 6) is 1.13. The fraction of sp³-hybridized carbons (Fsp3) is 0.500. The van der Waals surface area contributed by atoms with Crippen molar-refractivity contribution in [1.82, 2.24) is 9.78 Å². The molecule has 2 heterocycles. The predicted molar refractivity (Wildman–Crippen MR) is 70.6 cm³/mol. The van der Waals surface area contributed by atoms with Crippen LogP contribution in [0.4, 0.5) is 5.69 Å². The number of hydrogen-bond acceptors (Lipinski definition) is 3. The van der Waals surface area contributed by atoms with E-state index in [1.807, 2.05) is 10.9 Å². The van der Waals surface area contributed by atoms with Gasteiger partial charge in [0.25, 0.3) is 0 Å². The maximum absolute atomic E-state index is 5.51. The van der Waals surface area contributed by atoms with Crippen molar-refractivity contribution >= 4 is 5.69 Å². The molecule has 2 aromatic heterocycles. The second kappa shape index (κ2) is 4.52. The van der Waals surface area contributed by atoms with E-state index in [0.717, 1.165) is 24.3 Å². The Balaban J connectivity index is 1.77. The van der Waals surface area contributed by atoms with Crippen LogP contribution < -0.4 is 5.32 Å². The van der Waals surface area contributed by atoms with Crippen molar-refractivity contribution in [3.05, 3.63) is 36.0 Å². The van der Waals surface area contributed by atoms with Gasteiger partial charge in [0.15, 0.2) is 0 Å². The minimum atomic E-state index is 0.359. The molecule has 0 radical (unpaired) electrons. The van der Waals surface area contributed by atoms with Crippen molar-refractivity contribution in [2.45, 2.75) is 45.2 Å². The van der Waals surface area contributed by atoms with Crippen molar-refractivity contribution in [2.75, 3.05) is 5.32 Å². The highest BCUT2D eigenvalue weighted by molar-refractivity contribution is 5.43. The summed E-state index contributed by atoms with van der Waals surface area (Å²) in [4.78, 5) is 0. The molecule has 0 saturated carbocycles. The summed E-state index contributed by atoms with van der Waals surface area (Å²) < 4.78 is 7.48. The molecule has 2 aromatic rings. The Kier molecular flexibility index (Phi) is 2.86. The zero-order valence-corrected chi connectivity index (χ0v) is 10.9. The van der Waals surface area contributed by atoms with E-state index in [1.54, 1.807) is 6.26 Å². The smallest absolute Gasteiger partial charge is 0.109 e. The van der Waals surface area contributed by atoms with Gasteiger partial charge in [0, 0.05) is 24.2 Å². The fourth-order valence-corrected chi connectivity index (χ4v) is 2.53. The highest BCUT2D eigenvalue weighted by atomic mass is 16.3. The molecule has 0 fully saturated rings. The molecule has 1 aliphatic carbocycles. The molecule has 1 unspecified atom stereocenters. The average Bonchev–Trinajstić information content (AvgIpc) is 2.97. The molecule has 1 N–H and O–H groups in total. The third-order valence-corrected chi connectivity index (χ3v) is 3.52. The molecule has 0 amide bonds. The van der Waals surface area contributed by atoms with Crippen LogP contribution in [-0.4, -0.2) is 9.78 Å². The summed E-state index contributed by atoms with van der Waals surface area (Å²) in [5, 5.41) is 7.91. The lowest BCUT2D eigenvalue weighted by Crippen LogP contribution is -2.15. The molecule has 3 rings (SSSR count). The standard InChI is InChI=1S/C14H19N3O/c1-10(2)17-9-11(8-15-17)16-13-4-3-5-14-12(13)6-7-18-14/h6-10,13,16H,3-5H2,1-2H3. The maximum Gasteiger partial charge on any atom is 0.109 e. The normalized spacial score (nSPS) is 18.9. The lowest BCUT2D eigenvalue weighted by Gasteiger charge is -2.22. The average molecular weight is 245 g/mol. The lowest BCUT2D eigenvalue weighted by molar-refractivity contribution is 0.461. The van der Waals surface area contributed by atoms with Crippen molar-refractivity contribution in [2.24, 2.45) is 0 Å². The third kappa shape index (κ3) is 2.03. The number of furan rings is 1. The number of nitrogens with one attached hydrogen (secondary N) is 1. The molecule has 4 heteroatoms. The second-order valence-corrected chi connectivity index (χ2v) is 5.19. The van der Waals surface area contributed by atoms with Crippen molar-refractivity contribution in [3.8, 4) is 0 Å². The van der Waals surface area contributed by atoms with Crippen LogP contribution in [0.3, 0.4) is 0 Å². The SMILES string of the molecule is CC(C)n1cc(NC2CCCc3occc32)cn1. The zero-order chi connectivity index (χ0) is 12.5. The van der Waals surface area contributed by atoms with Crippen LogP contribution in [0.5, 0.6) is 0 Å². The Morgan fingerprint density at radius 1 is 1.50 bits per heavy atom. The summed E-state index contributed by atoms with van der Waals surface area (Å²) in [6, 6.07) is 2.84. The van der Waals surface area contributed by atoms with Gasteiger partial charge in [-0.1, -0.05) is 0 Å². The number of aryl methyl sites for hydroxylation is 1.